The van der Waals surface area contributed by atoms with Gasteiger partial charge in [0, 0.05) is 6.07 Å². The third-order valence-electron chi connectivity index (χ3n) is 7.76. The number of carboxylic acids is 1. The fourth-order valence-electron chi connectivity index (χ4n) is 5.86. The summed E-state index contributed by atoms with van der Waals surface area (Å²) in [6, 6.07) is 9.76. The van der Waals surface area contributed by atoms with Gasteiger partial charge in [-0.2, -0.15) is 0 Å². The number of rotatable bonds is 11. The SMILES string of the molecule is COc1cc(C2CCC(COc3cccc([C@@H](CC(=O)O)C4CC4)c3)C(CC(C)C)C2)c(F)cn1. The summed E-state index contributed by atoms with van der Waals surface area (Å²) in [5.41, 5.74) is 1.78. The Morgan fingerprint density at radius 1 is 1.17 bits per heavy atom. The van der Waals surface area contributed by atoms with Gasteiger partial charge >= 0.3 is 5.97 Å². The number of pyridine rings is 1. The fraction of sp³-hybridized carbons (Fsp3) is 0.586. The van der Waals surface area contributed by atoms with E-state index in [2.05, 4.69) is 18.8 Å². The fourth-order valence-corrected chi connectivity index (χ4v) is 5.86. The number of hydrogen-bond acceptors (Lipinski definition) is 4. The quantitative estimate of drug-likeness (QED) is 0.380. The Balaban J connectivity index is 1.43. The summed E-state index contributed by atoms with van der Waals surface area (Å²) in [5.74, 6) is 2.37. The van der Waals surface area contributed by atoms with Crippen molar-refractivity contribution in [3.05, 3.63) is 53.5 Å². The number of ether oxygens (including phenoxy) is 2. The van der Waals surface area contributed by atoms with Gasteiger partial charge < -0.3 is 14.6 Å². The highest BCUT2D eigenvalue weighted by Gasteiger charge is 2.35. The lowest BCUT2D eigenvalue weighted by Gasteiger charge is -2.37. The van der Waals surface area contributed by atoms with Crippen LogP contribution < -0.4 is 9.47 Å². The third-order valence-corrected chi connectivity index (χ3v) is 7.76. The first kappa shape index (κ1) is 25.5. The molecular formula is C29H38FNO4. The molecule has 2 aliphatic carbocycles. The molecule has 2 saturated carbocycles. The molecule has 35 heavy (non-hydrogen) atoms. The van der Waals surface area contributed by atoms with Gasteiger partial charge in [-0.1, -0.05) is 26.0 Å². The summed E-state index contributed by atoms with van der Waals surface area (Å²) in [6.07, 6.45) is 7.55. The van der Waals surface area contributed by atoms with Crippen LogP contribution in [-0.2, 0) is 4.79 Å². The molecule has 0 aliphatic heterocycles. The molecule has 4 atom stereocenters. The molecule has 6 heteroatoms. The highest BCUT2D eigenvalue weighted by Crippen LogP contribution is 2.46. The van der Waals surface area contributed by atoms with Crippen LogP contribution in [0.3, 0.4) is 0 Å². The van der Waals surface area contributed by atoms with E-state index in [4.69, 9.17) is 9.47 Å². The van der Waals surface area contributed by atoms with Crippen LogP contribution in [0.2, 0.25) is 0 Å². The van der Waals surface area contributed by atoms with Gasteiger partial charge in [0.05, 0.1) is 26.3 Å². The zero-order chi connectivity index (χ0) is 24.9. The lowest BCUT2D eigenvalue weighted by Crippen LogP contribution is -2.30. The first-order chi connectivity index (χ1) is 16.8. The monoisotopic (exact) mass is 483 g/mol. The van der Waals surface area contributed by atoms with E-state index in [-0.39, 0.29) is 24.1 Å². The molecule has 5 nitrogen and oxygen atoms in total. The number of carboxylic acid groups (broad SMARTS) is 1. The largest absolute Gasteiger partial charge is 0.493 e. The third kappa shape index (κ3) is 6.74. The van der Waals surface area contributed by atoms with Crippen LogP contribution in [-0.4, -0.2) is 29.8 Å². The van der Waals surface area contributed by atoms with Crippen molar-refractivity contribution in [1.82, 2.24) is 4.98 Å². The summed E-state index contributed by atoms with van der Waals surface area (Å²) >= 11 is 0. The van der Waals surface area contributed by atoms with Crippen LogP contribution >= 0.6 is 0 Å². The Morgan fingerprint density at radius 3 is 2.66 bits per heavy atom. The van der Waals surface area contributed by atoms with Gasteiger partial charge in [-0.25, -0.2) is 9.37 Å². The van der Waals surface area contributed by atoms with Crippen molar-refractivity contribution in [1.29, 1.82) is 0 Å². The number of methoxy groups -OCH3 is 1. The molecule has 1 heterocycles. The average molecular weight is 484 g/mol. The molecule has 2 aliphatic rings. The van der Waals surface area contributed by atoms with Crippen LogP contribution in [0.15, 0.2) is 36.5 Å². The van der Waals surface area contributed by atoms with Crippen molar-refractivity contribution in [3.8, 4) is 11.6 Å². The summed E-state index contributed by atoms with van der Waals surface area (Å²) in [5, 5.41) is 9.35. The van der Waals surface area contributed by atoms with E-state index < -0.39 is 5.97 Å². The van der Waals surface area contributed by atoms with Gasteiger partial charge in [0.1, 0.15) is 11.6 Å². The minimum Gasteiger partial charge on any atom is -0.493 e. The molecule has 0 radical (unpaired) electrons. The maximum Gasteiger partial charge on any atom is 0.303 e. The Labute approximate surface area is 208 Å². The number of benzene rings is 1. The summed E-state index contributed by atoms with van der Waals surface area (Å²) < 4.78 is 26.1. The molecule has 1 N–H and O–H groups in total. The van der Waals surface area contributed by atoms with Gasteiger partial charge in [-0.05, 0) is 97.3 Å². The number of carbonyl (C=O) groups is 1. The molecule has 1 aromatic carbocycles. The Bertz CT molecular complexity index is 1010. The van der Waals surface area contributed by atoms with E-state index in [0.717, 1.165) is 49.8 Å². The van der Waals surface area contributed by atoms with Crippen LogP contribution in [0, 0.1) is 29.5 Å². The lowest BCUT2D eigenvalue weighted by atomic mass is 9.69. The van der Waals surface area contributed by atoms with E-state index in [9.17, 15) is 14.3 Å². The van der Waals surface area contributed by atoms with Gasteiger partial charge in [-0.15, -0.1) is 0 Å². The minimum atomic E-state index is -0.746. The molecule has 0 bridgehead atoms. The molecule has 4 rings (SSSR count). The predicted octanol–water partition coefficient (Wildman–Crippen LogP) is 6.82. The molecule has 0 amide bonds. The van der Waals surface area contributed by atoms with E-state index in [1.165, 1.54) is 6.20 Å². The second kappa shape index (κ2) is 11.4. The maximum absolute atomic E-state index is 14.6. The van der Waals surface area contributed by atoms with Gasteiger partial charge in [-0.3, -0.25) is 4.79 Å². The Morgan fingerprint density at radius 2 is 1.97 bits per heavy atom. The summed E-state index contributed by atoms with van der Waals surface area (Å²) in [6.45, 7) is 5.10. The summed E-state index contributed by atoms with van der Waals surface area (Å²) in [4.78, 5) is 15.4. The zero-order valence-corrected chi connectivity index (χ0v) is 21.1. The molecule has 3 unspecified atom stereocenters. The molecule has 2 aromatic rings. The van der Waals surface area contributed by atoms with Crippen molar-refractivity contribution >= 4 is 5.97 Å². The van der Waals surface area contributed by atoms with Crippen molar-refractivity contribution < 1.29 is 23.8 Å². The standard InChI is InChI=1S/C29H38FNO4/c1-18(2)11-23-12-21(26-14-28(34-3)31-16-27(26)30)9-10-22(23)17-35-24-6-4-5-20(13-24)25(15-29(32)33)19-7-8-19/h4-6,13-14,16,18-19,21-23,25H,7-12,15,17H2,1-3H3,(H,32,33)/t21?,22?,23?,25-/m0/s1. The van der Waals surface area contributed by atoms with Gasteiger partial charge in [0.25, 0.3) is 0 Å². The second-order valence-electron chi connectivity index (χ2n) is 10.8. The van der Waals surface area contributed by atoms with Crippen molar-refractivity contribution in [2.45, 2.75) is 70.6 Å². The zero-order valence-electron chi connectivity index (χ0n) is 21.1. The van der Waals surface area contributed by atoms with Crippen molar-refractivity contribution in [2.24, 2.45) is 23.7 Å². The van der Waals surface area contributed by atoms with Crippen molar-refractivity contribution in [2.75, 3.05) is 13.7 Å². The molecule has 1 aromatic heterocycles. The van der Waals surface area contributed by atoms with E-state index in [1.54, 1.807) is 13.2 Å². The van der Waals surface area contributed by atoms with Crippen LogP contribution in [0.5, 0.6) is 11.6 Å². The number of aliphatic carboxylic acids is 1. The van der Waals surface area contributed by atoms with Gasteiger partial charge in [0.2, 0.25) is 5.88 Å². The van der Waals surface area contributed by atoms with E-state index >= 15 is 0 Å². The first-order valence-corrected chi connectivity index (χ1v) is 13.0. The maximum atomic E-state index is 14.6. The van der Waals surface area contributed by atoms with Crippen LogP contribution in [0.1, 0.15) is 81.8 Å². The normalized spacial score (nSPS) is 23.2. The Hall–Kier alpha value is -2.63. The number of nitrogens with zero attached hydrogens (tertiary/aromatic N) is 1. The molecule has 0 spiro atoms. The topological polar surface area (TPSA) is 68.7 Å². The summed E-state index contributed by atoms with van der Waals surface area (Å²) in [7, 11) is 1.56. The van der Waals surface area contributed by atoms with Crippen molar-refractivity contribution in [3.63, 3.8) is 0 Å². The van der Waals surface area contributed by atoms with Crippen LogP contribution in [0.25, 0.3) is 0 Å². The average Bonchev–Trinajstić information content (AvgIpc) is 3.67. The number of hydrogen-bond donors (Lipinski definition) is 1. The van der Waals surface area contributed by atoms with Gasteiger partial charge in [0.15, 0.2) is 0 Å². The van der Waals surface area contributed by atoms with Crippen LogP contribution in [0.4, 0.5) is 4.39 Å². The molecule has 0 saturated heterocycles. The second-order valence-corrected chi connectivity index (χ2v) is 10.8. The molecule has 2 fully saturated rings. The highest BCUT2D eigenvalue weighted by atomic mass is 19.1. The Kier molecular flexibility index (Phi) is 8.30. The predicted molar refractivity (Wildman–Crippen MR) is 133 cm³/mol. The van der Waals surface area contributed by atoms with E-state index in [0.29, 0.717) is 41.7 Å². The van der Waals surface area contributed by atoms with E-state index in [1.807, 2.05) is 24.3 Å². The first-order valence-electron chi connectivity index (χ1n) is 13.0. The molecule has 190 valence electrons. The number of halogens is 1. The number of aromatic nitrogens is 1. The minimum absolute atomic E-state index is 0.0624. The smallest absolute Gasteiger partial charge is 0.303 e. The lowest BCUT2D eigenvalue weighted by molar-refractivity contribution is -0.137. The highest BCUT2D eigenvalue weighted by molar-refractivity contribution is 5.68. The molecular weight excluding hydrogens is 445 g/mol.